The third-order valence-corrected chi connectivity index (χ3v) is 5.07. The molecule has 30 heavy (non-hydrogen) atoms. The predicted octanol–water partition coefficient (Wildman–Crippen LogP) is 3.62. The van der Waals surface area contributed by atoms with Crippen LogP contribution in [0.15, 0.2) is 83.9 Å². The van der Waals surface area contributed by atoms with Gasteiger partial charge < -0.3 is 14.6 Å². The minimum Gasteiger partial charge on any atom is -0.497 e. The lowest BCUT2D eigenvalue weighted by Gasteiger charge is -2.10. The first-order valence-corrected chi connectivity index (χ1v) is 9.85. The van der Waals surface area contributed by atoms with Gasteiger partial charge in [0.2, 0.25) is 0 Å². The molecule has 0 radical (unpaired) electrons. The van der Waals surface area contributed by atoms with Crippen LogP contribution in [0.3, 0.4) is 0 Å². The highest BCUT2D eigenvalue weighted by molar-refractivity contribution is 5.93. The lowest BCUT2D eigenvalue weighted by atomic mass is 10.2. The van der Waals surface area contributed by atoms with Gasteiger partial charge in [0.15, 0.2) is 0 Å². The van der Waals surface area contributed by atoms with Gasteiger partial charge >= 0.3 is 0 Å². The molecule has 2 heterocycles. The molecule has 1 amide bonds. The highest BCUT2D eigenvalue weighted by Gasteiger charge is 2.09. The minimum atomic E-state index is -0.199. The highest BCUT2D eigenvalue weighted by atomic mass is 16.5. The first-order chi connectivity index (χ1) is 14.7. The number of hydrogen-bond acceptors (Lipinski definition) is 3. The lowest BCUT2D eigenvalue weighted by Crippen LogP contribution is -2.27. The van der Waals surface area contributed by atoms with Crippen LogP contribution in [0.1, 0.15) is 16.8 Å². The van der Waals surface area contributed by atoms with Crippen LogP contribution in [0, 0.1) is 0 Å². The van der Waals surface area contributed by atoms with Crippen molar-refractivity contribution in [3.8, 4) is 11.4 Å². The van der Waals surface area contributed by atoms with E-state index in [1.54, 1.807) is 43.6 Å². The van der Waals surface area contributed by atoms with Crippen molar-refractivity contribution in [2.75, 3.05) is 13.7 Å². The highest BCUT2D eigenvalue weighted by Crippen LogP contribution is 2.16. The van der Waals surface area contributed by atoms with Gasteiger partial charge in [-0.25, -0.2) is 0 Å². The van der Waals surface area contributed by atoms with Crippen molar-refractivity contribution in [2.45, 2.75) is 13.0 Å². The van der Waals surface area contributed by atoms with E-state index in [0.717, 1.165) is 13.0 Å². The second kappa shape index (κ2) is 8.69. The van der Waals surface area contributed by atoms with Gasteiger partial charge in [-0.1, -0.05) is 18.2 Å². The monoisotopic (exact) mass is 401 g/mol. The number of benzene rings is 2. The Hall–Kier alpha value is -3.80. The van der Waals surface area contributed by atoms with E-state index in [0.29, 0.717) is 23.5 Å². The van der Waals surface area contributed by atoms with Crippen LogP contribution in [0.4, 0.5) is 0 Å². The largest absolute Gasteiger partial charge is 0.497 e. The molecule has 6 nitrogen and oxygen atoms in total. The summed E-state index contributed by atoms with van der Waals surface area (Å²) in [7, 11) is 1.59. The number of aryl methyl sites for hydroxylation is 1. The number of rotatable bonds is 7. The van der Waals surface area contributed by atoms with Crippen LogP contribution in [0.2, 0.25) is 0 Å². The van der Waals surface area contributed by atoms with Gasteiger partial charge in [-0.15, -0.1) is 0 Å². The van der Waals surface area contributed by atoms with Gasteiger partial charge in [0.25, 0.3) is 11.5 Å². The molecule has 152 valence electrons. The molecule has 2 aromatic carbocycles. The van der Waals surface area contributed by atoms with E-state index in [4.69, 9.17) is 4.74 Å². The second-order valence-corrected chi connectivity index (χ2v) is 7.00. The van der Waals surface area contributed by atoms with Crippen molar-refractivity contribution in [1.29, 1.82) is 0 Å². The Labute approximate surface area is 174 Å². The first kappa shape index (κ1) is 19.5. The van der Waals surface area contributed by atoms with E-state index in [9.17, 15) is 9.59 Å². The maximum Gasteiger partial charge on any atom is 0.255 e. The fourth-order valence-electron chi connectivity index (χ4n) is 3.45. The molecular formula is C24H23N3O3. The average molecular weight is 401 g/mol. The average Bonchev–Trinajstić information content (AvgIpc) is 3.20. The minimum absolute atomic E-state index is 0.198. The molecule has 0 aliphatic heterocycles. The molecule has 6 heteroatoms. The molecule has 0 atom stereocenters. The maximum absolute atomic E-state index is 12.6. The van der Waals surface area contributed by atoms with Gasteiger partial charge in [0.1, 0.15) is 5.75 Å². The summed E-state index contributed by atoms with van der Waals surface area (Å²) in [4.78, 5) is 24.8. The summed E-state index contributed by atoms with van der Waals surface area (Å²) in [5.74, 6) is 0.505. The van der Waals surface area contributed by atoms with E-state index in [-0.39, 0.29) is 11.5 Å². The molecule has 4 rings (SSSR count). The number of para-hydroxylation sites is 1. The maximum atomic E-state index is 12.6. The Morgan fingerprint density at radius 1 is 1.00 bits per heavy atom. The Balaban J connectivity index is 1.39. The SMILES string of the molecule is COc1ccc(-n2cc(C(=O)NCCCn3ccc4ccccc43)ccc2=O)cc1. The number of amides is 1. The summed E-state index contributed by atoms with van der Waals surface area (Å²) in [6.07, 6.45) is 4.44. The fraction of sp³-hybridized carbons (Fsp3) is 0.167. The summed E-state index contributed by atoms with van der Waals surface area (Å²) in [6.45, 7) is 1.37. The van der Waals surface area contributed by atoms with E-state index in [2.05, 4.69) is 34.3 Å². The van der Waals surface area contributed by atoms with Crippen LogP contribution < -0.4 is 15.6 Å². The fourth-order valence-corrected chi connectivity index (χ4v) is 3.45. The van der Waals surface area contributed by atoms with E-state index >= 15 is 0 Å². The molecule has 0 bridgehead atoms. The molecule has 0 aliphatic rings. The van der Waals surface area contributed by atoms with Gasteiger partial charge in [-0.2, -0.15) is 0 Å². The van der Waals surface area contributed by atoms with Crippen LogP contribution in [-0.4, -0.2) is 28.7 Å². The number of pyridine rings is 1. The lowest BCUT2D eigenvalue weighted by molar-refractivity contribution is 0.0952. The van der Waals surface area contributed by atoms with Gasteiger partial charge in [-0.3, -0.25) is 14.2 Å². The number of carbonyl (C=O) groups is 1. The zero-order chi connectivity index (χ0) is 20.9. The molecular weight excluding hydrogens is 378 g/mol. The van der Waals surface area contributed by atoms with Crippen molar-refractivity contribution in [3.05, 3.63) is 95.0 Å². The molecule has 1 N–H and O–H groups in total. The molecule has 0 saturated carbocycles. The molecule has 0 aliphatic carbocycles. The number of ether oxygens (including phenoxy) is 1. The van der Waals surface area contributed by atoms with E-state index < -0.39 is 0 Å². The number of nitrogens with one attached hydrogen (secondary N) is 1. The standard InChI is InChI=1S/C24H23N3O3/c1-30-21-10-8-20(9-11-21)27-17-19(7-12-23(27)28)24(29)25-14-4-15-26-16-13-18-5-2-3-6-22(18)26/h2-3,5-13,16-17H,4,14-15H2,1H3,(H,25,29). The smallest absolute Gasteiger partial charge is 0.255 e. The predicted molar refractivity (Wildman–Crippen MR) is 117 cm³/mol. The topological polar surface area (TPSA) is 65.3 Å². The van der Waals surface area contributed by atoms with Crippen LogP contribution in [0.25, 0.3) is 16.6 Å². The summed E-state index contributed by atoms with van der Waals surface area (Å²) >= 11 is 0. The number of nitrogens with zero attached hydrogens (tertiary/aromatic N) is 2. The second-order valence-electron chi connectivity index (χ2n) is 7.00. The molecule has 0 spiro atoms. The van der Waals surface area contributed by atoms with Crippen molar-refractivity contribution in [2.24, 2.45) is 0 Å². The third kappa shape index (κ3) is 4.12. The zero-order valence-electron chi connectivity index (χ0n) is 16.7. The van der Waals surface area contributed by atoms with Gasteiger partial charge in [-0.05, 0) is 54.3 Å². The summed E-state index contributed by atoms with van der Waals surface area (Å²) in [5.41, 5.74) is 2.11. The van der Waals surface area contributed by atoms with Crippen molar-refractivity contribution >= 4 is 16.8 Å². The quantitative estimate of drug-likeness (QED) is 0.481. The number of carbonyl (C=O) groups excluding carboxylic acids is 1. The first-order valence-electron chi connectivity index (χ1n) is 9.85. The Morgan fingerprint density at radius 3 is 2.60 bits per heavy atom. The Kier molecular flexibility index (Phi) is 5.66. The Morgan fingerprint density at radius 2 is 1.80 bits per heavy atom. The zero-order valence-corrected chi connectivity index (χ0v) is 16.7. The molecule has 0 saturated heterocycles. The number of hydrogen-bond donors (Lipinski definition) is 1. The normalized spacial score (nSPS) is 10.8. The van der Waals surface area contributed by atoms with Gasteiger partial charge in [0.05, 0.1) is 12.7 Å². The third-order valence-electron chi connectivity index (χ3n) is 5.07. The summed E-state index contributed by atoms with van der Waals surface area (Å²) < 4.78 is 8.79. The van der Waals surface area contributed by atoms with Crippen molar-refractivity contribution in [3.63, 3.8) is 0 Å². The summed E-state index contributed by atoms with van der Waals surface area (Å²) in [5, 5.41) is 4.15. The van der Waals surface area contributed by atoms with Crippen molar-refractivity contribution in [1.82, 2.24) is 14.5 Å². The Bertz CT molecular complexity index is 1220. The molecule has 0 fully saturated rings. The van der Waals surface area contributed by atoms with Gasteiger partial charge in [0, 0.05) is 42.8 Å². The number of aromatic nitrogens is 2. The van der Waals surface area contributed by atoms with Crippen LogP contribution in [-0.2, 0) is 6.54 Å². The van der Waals surface area contributed by atoms with Crippen molar-refractivity contribution < 1.29 is 9.53 Å². The van der Waals surface area contributed by atoms with E-state index in [1.165, 1.54) is 21.5 Å². The number of methoxy groups -OCH3 is 1. The van der Waals surface area contributed by atoms with Crippen LogP contribution >= 0.6 is 0 Å². The van der Waals surface area contributed by atoms with E-state index in [1.807, 2.05) is 12.1 Å². The molecule has 2 aromatic heterocycles. The molecule has 4 aromatic rings. The summed E-state index contributed by atoms with van der Waals surface area (Å²) in [6, 6.07) is 20.4. The van der Waals surface area contributed by atoms with Crippen LogP contribution in [0.5, 0.6) is 5.75 Å². The molecule has 0 unspecified atom stereocenters. The number of fused-ring (bicyclic) bond motifs is 1.